The lowest BCUT2D eigenvalue weighted by Gasteiger charge is -2.31. The van der Waals surface area contributed by atoms with Gasteiger partial charge in [0, 0.05) is 18.5 Å². The zero-order valence-corrected chi connectivity index (χ0v) is 13.7. The van der Waals surface area contributed by atoms with E-state index >= 15 is 0 Å². The third-order valence-electron chi connectivity index (χ3n) is 3.70. The van der Waals surface area contributed by atoms with Crippen LogP contribution in [0.5, 0.6) is 0 Å². The Hall–Kier alpha value is -0.460. The summed E-state index contributed by atoms with van der Waals surface area (Å²) in [5.41, 5.74) is 2.24. The Morgan fingerprint density at radius 3 is 2.53 bits per heavy atom. The quantitative estimate of drug-likeness (QED) is 0.787. The minimum Gasteiger partial charge on any atom is -0.299 e. The molecule has 0 aliphatic carbocycles. The zero-order chi connectivity index (χ0) is 14.0. The van der Waals surface area contributed by atoms with Crippen LogP contribution in [0.1, 0.15) is 24.1 Å². The van der Waals surface area contributed by atoms with E-state index in [9.17, 15) is 8.42 Å². The second-order valence-electron chi connectivity index (χ2n) is 5.18. The van der Waals surface area contributed by atoms with Crippen molar-refractivity contribution < 1.29 is 8.42 Å². The molecule has 106 valence electrons. The molecule has 0 amide bonds. The van der Waals surface area contributed by atoms with Crippen molar-refractivity contribution in [2.24, 2.45) is 0 Å². The van der Waals surface area contributed by atoms with Crippen molar-refractivity contribution in [3.05, 3.63) is 28.0 Å². The predicted molar refractivity (Wildman–Crippen MR) is 79.8 cm³/mol. The molecule has 19 heavy (non-hydrogen) atoms. The number of piperidine rings is 1. The molecule has 0 spiro atoms. The zero-order valence-electron chi connectivity index (χ0n) is 11.3. The summed E-state index contributed by atoms with van der Waals surface area (Å²) in [5, 5.41) is -0.159. The first-order chi connectivity index (χ1) is 8.86. The number of aryl methyl sites for hydroxylation is 1. The van der Waals surface area contributed by atoms with Crippen LogP contribution in [0.4, 0.5) is 0 Å². The largest absolute Gasteiger partial charge is 0.299 e. The van der Waals surface area contributed by atoms with E-state index in [2.05, 4.69) is 31.9 Å². The number of aromatic nitrogens is 1. The summed E-state index contributed by atoms with van der Waals surface area (Å²) in [6.45, 7) is 4.53. The summed E-state index contributed by atoms with van der Waals surface area (Å²) in [6.07, 6.45) is 2.82. The second-order valence-corrected chi connectivity index (χ2v) is 8.32. The van der Waals surface area contributed by atoms with E-state index in [1.807, 2.05) is 13.0 Å². The van der Waals surface area contributed by atoms with Gasteiger partial charge in [-0.25, -0.2) is 13.4 Å². The van der Waals surface area contributed by atoms with Crippen LogP contribution >= 0.6 is 15.9 Å². The van der Waals surface area contributed by atoms with Gasteiger partial charge in [-0.15, -0.1) is 0 Å². The first-order valence-corrected chi connectivity index (χ1v) is 9.14. The van der Waals surface area contributed by atoms with E-state index in [1.54, 1.807) is 0 Å². The van der Waals surface area contributed by atoms with E-state index in [-0.39, 0.29) is 5.25 Å². The van der Waals surface area contributed by atoms with Crippen molar-refractivity contribution in [2.75, 3.05) is 19.3 Å². The summed E-state index contributed by atoms with van der Waals surface area (Å²) in [4.78, 5) is 6.69. The van der Waals surface area contributed by atoms with Gasteiger partial charge in [0.15, 0.2) is 0 Å². The summed E-state index contributed by atoms with van der Waals surface area (Å²) in [6, 6.07) is 4.03. The third-order valence-corrected chi connectivity index (χ3v) is 5.82. The summed E-state index contributed by atoms with van der Waals surface area (Å²) < 4.78 is 23.9. The lowest BCUT2D eigenvalue weighted by molar-refractivity contribution is 0.221. The number of pyridine rings is 1. The van der Waals surface area contributed by atoms with E-state index in [1.165, 1.54) is 11.8 Å². The van der Waals surface area contributed by atoms with Crippen LogP contribution in [0.15, 0.2) is 16.7 Å². The minimum absolute atomic E-state index is 0.159. The smallest absolute Gasteiger partial charge is 0.150 e. The Morgan fingerprint density at radius 2 is 2.00 bits per heavy atom. The number of likely N-dealkylation sites (tertiary alicyclic amines) is 1. The van der Waals surface area contributed by atoms with Crippen molar-refractivity contribution in [1.82, 2.24) is 9.88 Å². The third kappa shape index (κ3) is 4.00. The summed E-state index contributed by atoms with van der Waals surface area (Å²) >= 11 is 3.36. The molecule has 0 unspecified atom stereocenters. The number of halogens is 1. The average Bonchev–Trinajstić information content (AvgIpc) is 2.32. The SMILES string of the molecule is Cc1nc(Br)ccc1CN1CCC(S(C)(=O)=O)CC1. The molecule has 1 saturated heterocycles. The van der Waals surface area contributed by atoms with Crippen molar-refractivity contribution >= 4 is 25.8 Å². The molecule has 0 bridgehead atoms. The van der Waals surface area contributed by atoms with Crippen molar-refractivity contribution in [2.45, 2.75) is 31.6 Å². The molecule has 1 aliphatic rings. The van der Waals surface area contributed by atoms with Gasteiger partial charge in [-0.05, 0) is 60.4 Å². The first-order valence-electron chi connectivity index (χ1n) is 6.39. The van der Waals surface area contributed by atoms with Crippen LogP contribution in [-0.2, 0) is 16.4 Å². The average molecular weight is 347 g/mol. The maximum absolute atomic E-state index is 11.5. The standard InChI is InChI=1S/C13H19BrN2O2S/c1-10-11(3-4-13(14)15-10)9-16-7-5-12(6-8-16)19(2,17)18/h3-4,12H,5-9H2,1-2H3. The number of rotatable bonds is 3. The van der Waals surface area contributed by atoms with Crippen LogP contribution < -0.4 is 0 Å². The van der Waals surface area contributed by atoms with Crippen molar-refractivity contribution in [3.63, 3.8) is 0 Å². The molecule has 2 rings (SSSR count). The van der Waals surface area contributed by atoms with E-state index in [4.69, 9.17) is 0 Å². The van der Waals surface area contributed by atoms with Gasteiger partial charge in [0.05, 0.1) is 5.25 Å². The highest BCUT2D eigenvalue weighted by atomic mass is 79.9. The van der Waals surface area contributed by atoms with E-state index < -0.39 is 9.84 Å². The normalized spacial score (nSPS) is 18.7. The molecule has 0 N–H and O–H groups in total. The lowest BCUT2D eigenvalue weighted by Crippen LogP contribution is -2.38. The molecule has 1 fully saturated rings. The Kier molecular flexibility index (Phi) is 4.63. The van der Waals surface area contributed by atoms with Gasteiger partial charge in [0.25, 0.3) is 0 Å². The van der Waals surface area contributed by atoms with Gasteiger partial charge in [-0.2, -0.15) is 0 Å². The molecule has 1 aliphatic heterocycles. The molecule has 0 atom stereocenters. The first kappa shape index (κ1) is 14.9. The molecule has 2 heterocycles. The molecule has 4 nitrogen and oxygen atoms in total. The van der Waals surface area contributed by atoms with Gasteiger partial charge in [-0.3, -0.25) is 4.90 Å². The van der Waals surface area contributed by atoms with Crippen LogP contribution in [0.2, 0.25) is 0 Å². The summed E-state index contributed by atoms with van der Waals surface area (Å²) in [5.74, 6) is 0. The minimum atomic E-state index is -2.88. The van der Waals surface area contributed by atoms with Crippen LogP contribution in [-0.4, -0.2) is 42.9 Å². The Morgan fingerprint density at radius 1 is 1.37 bits per heavy atom. The molecule has 0 saturated carbocycles. The topological polar surface area (TPSA) is 50.3 Å². The highest BCUT2D eigenvalue weighted by Gasteiger charge is 2.26. The monoisotopic (exact) mass is 346 g/mol. The van der Waals surface area contributed by atoms with Gasteiger partial charge in [0.2, 0.25) is 0 Å². The number of sulfone groups is 1. The Labute approximate surface area is 123 Å². The van der Waals surface area contributed by atoms with Gasteiger partial charge < -0.3 is 0 Å². The maximum atomic E-state index is 11.5. The fourth-order valence-corrected chi connectivity index (χ4v) is 3.93. The molecule has 1 aromatic rings. The van der Waals surface area contributed by atoms with Gasteiger partial charge in [0.1, 0.15) is 14.4 Å². The van der Waals surface area contributed by atoms with E-state index in [0.717, 1.165) is 42.8 Å². The number of nitrogens with zero attached hydrogens (tertiary/aromatic N) is 2. The van der Waals surface area contributed by atoms with Crippen LogP contribution in [0.3, 0.4) is 0 Å². The molecular weight excluding hydrogens is 328 g/mol. The molecule has 1 aromatic heterocycles. The fraction of sp³-hybridized carbons (Fsp3) is 0.615. The molecule has 0 aromatic carbocycles. The van der Waals surface area contributed by atoms with Crippen molar-refractivity contribution in [1.29, 1.82) is 0 Å². The molecule has 0 radical (unpaired) electrons. The van der Waals surface area contributed by atoms with E-state index in [0.29, 0.717) is 0 Å². The highest BCUT2D eigenvalue weighted by molar-refractivity contribution is 9.10. The highest BCUT2D eigenvalue weighted by Crippen LogP contribution is 2.20. The number of hydrogen-bond acceptors (Lipinski definition) is 4. The molecular formula is C13H19BrN2O2S. The van der Waals surface area contributed by atoms with Gasteiger partial charge >= 0.3 is 0 Å². The Balaban J connectivity index is 1.96. The van der Waals surface area contributed by atoms with Crippen LogP contribution in [0.25, 0.3) is 0 Å². The fourth-order valence-electron chi connectivity index (χ4n) is 2.46. The second kappa shape index (κ2) is 5.89. The summed E-state index contributed by atoms with van der Waals surface area (Å²) in [7, 11) is -2.88. The molecule has 6 heteroatoms. The number of hydrogen-bond donors (Lipinski definition) is 0. The van der Waals surface area contributed by atoms with Gasteiger partial charge in [-0.1, -0.05) is 6.07 Å². The van der Waals surface area contributed by atoms with Crippen LogP contribution in [0, 0.1) is 6.92 Å². The Bertz CT molecular complexity index is 552. The predicted octanol–water partition coefficient (Wildman–Crippen LogP) is 2.16. The lowest BCUT2D eigenvalue weighted by atomic mass is 10.1. The van der Waals surface area contributed by atoms with Crippen molar-refractivity contribution in [3.8, 4) is 0 Å². The maximum Gasteiger partial charge on any atom is 0.150 e.